The first kappa shape index (κ1) is 21.5. The third-order valence-corrected chi connectivity index (χ3v) is 4.70. The minimum Gasteiger partial charge on any atom is -0.357 e. The zero-order chi connectivity index (χ0) is 21.3. The number of nitrogens with one attached hydrogen (secondary N) is 3. The standard InChI is InChI=1S/C21H28FN7O/c1-3-23-21(25-11-8-19(30)28-18-7-6-15(2)13-26-18)27-16-9-12-29(14-16)20-17(22)5-4-10-24-20/h4-7,10,13,16H,3,8-9,11-12,14H2,1-2H3,(H2,23,25,27)(H,26,28,30). The Morgan fingerprint density at radius 3 is 2.93 bits per heavy atom. The number of hydrogen-bond acceptors (Lipinski definition) is 5. The number of hydrogen-bond donors (Lipinski definition) is 3. The lowest BCUT2D eigenvalue weighted by atomic mass is 10.3. The first-order chi connectivity index (χ1) is 14.5. The van der Waals surface area contributed by atoms with Crippen LogP contribution < -0.4 is 20.9 Å². The largest absolute Gasteiger partial charge is 0.357 e. The van der Waals surface area contributed by atoms with Gasteiger partial charge >= 0.3 is 0 Å². The molecule has 0 spiro atoms. The van der Waals surface area contributed by atoms with Gasteiger partial charge < -0.3 is 20.9 Å². The first-order valence-electron chi connectivity index (χ1n) is 10.2. The lowest BCUT2D eigenvalue weighted by Gasteiger charge is -2.19. The number of pyridine rings is 2. The monoisotopic (exact) mass is 413 g/mol. The SMILES string of the molecule is CCNC(=NCCC(=O)Nc1ccc(C)cn1)NC1CCN(c2ncccc2F)C1. The van der Waals surface area contributed by atoms with Crippen LogP contribution in [0.1, 0.15) is 25.3 Å². The van der Waals surface area contributed by atoms with Crippen molar-refractivity contribution in [2.75, 3.05) is 36.4 Å². The Kier molecular flexibility index (Phi) is 7.53. The average molecular weight is 414 g/mol. The summed E-state index contributed by atoms with van der Waals surface area (Å²) in [4.78, 5) is 26.8. The molecule has 1 amide bonds. The van der Waals surface area contributed by atoms with E-state index >= 15 is 0 Å². The summed E-state index contributed by atoms with van der Waals surface area (Å²) in [7, 11) is 0. The van der Waals surface area contributed by atoms with Crippen LogP contribution in [0.5, 0.6) is 0 Å². The molecule has 0 aliphatic carbocycles. The van der Waals surface area contributed by atoms with Gasteiger partial charge in [-0.25, -0.2) is 14.4 Å². The van der Waals surface area contributed by atoms with Crippen LogP contribution in [0.15, 0.2) is 41.7 Å². The maximum absolute atomic E-state index is 14.0. The van der Waals surface area contributed by atoms with Crippen molar-refractivity contribution in [2.45, 2.75) is 32.7 Å². The van der Waals surface area contributed by atoms with E-state index in [9.17, 15) is 9.18 Å². The van der Waals surface area contributed by atoms with Gasteiger partial charge in [-0.15, -0.1) is 0 Å². The smallest absolute Gasteiger partial charge is 0.227 e. The summed E-state index contributed by atoms with van der Waals surface area (Å²) in [5, 5.41) is 9.33. The molecule has 1 saturated heterocycles. The molecule has 1 unspecified atom stereocenters. The lowest BCUT2D eigenvalue weighted by molar-refractivity contribution is -0.116. The highest BCUT2D eigenvalue weighted by molar-refractivity contribution is 5.90. The van der Waals surface area contributed by atoms with Gasteiger partial charge in [0.1, 0.15) is 5.82 Å². The van der Waals surface area contributed by atoms with Crippen molar-refractivity contribution in [3.8, 4) is 0 Å². The Hall–Kier alpha value is -3.23. The highest BCUT2D eigenvalue weighted by Gasteiger charge is 2.25. The normalized spacial score (nSPS) is 16.4. The van der Waals surface area contributed by atoms with Crippen molar-refractivity contribution in [2.24, 2.45) is 4.99 Å². The van der Waals surface area contributed by atoms with E-state index in [1.54, 1.807) is 24.5 Å². The van der Waals surface area contributed by atoms with E-state index in [0.717, 1.165) is 18.5 Å². The molecule has 3 N–H and O–H groups in total. The minimum absolute atomic E-state index is 0.120. The van der Waals surface area contributed by atoms with Gasteiger partial charge in [0, 0.05) is 44.5 Å². The summed E-state index contributed by atoms with van der Waals surface area (Å²) in [5.74, 6) is 1.11. The number of aryl methyl sites for hydroxylation is 1. The van der Waals surface area contributed by atoms with E-state index in [1.807, 2.05) is 24.8 Å². The first-order valence-corrected chi connectivity index (χ1v) is 10.2. The fourth-order valence-electron chi connectivity index (χ4n) is 3.21. The van der Waals surface area contributed by atoms with Crippen LogP contribution in [0.2, 0.25) is 0 Å². The van der Waals surface area contributed by atoms with Gasteiger partial charge in [-0.05, 0) is 44.0 Å². The maximum atomic E-state index is 14.0. The Morgan fingerprint density at radius 1 is 1.33 bits per heavy atom. The van der Waals surface area contributed by atoms with Gasteiger partial charge in [0.25, 0.3) is 0 Å². The van der Waals surface area contributed by atoms with E-state index < -0.39 is 0 Å². The molecule has 2 aromatic rings. The average Bonchev–Trinajstić information content (AvgIpc) is 3.18. The molecule has 160 valence electrons. The highest BCUT2D eigenvalue weighted by Crippen LogP contribution is 2.20. The molecule has 30 heavy (non-hydrogen) atoms. The van der Waals surface area contributed by atoms with Crippen molar-refractivity contribution in [1.29, 1.82) is 0 Å². The summed E-state index contributed by atoms with van der Waals surface area (Å²) in [6.45, 7) is 6.33. The fraction of sp³-hybridized carbons (Fsp3) is 0.429. The summed E-state index contributed by atoms with van der Waals surface area (Å²) in [6.07, 6.45) is 4.41. The molecule has 2 aromatic heterocycles. The van der Waals surface area contributed by atoms with Gasteiger partial charge in [0.15, 0.2) is 17.6 Å². The van der Waals surface area contributed by atoms with Crippen molar-refractivity contribution in [1.82, 2.24) is 20.6 Å². The van der Waals surface area contributed by atoms with Gasteiger partial charge in [-0.2, -0.15) is 0 Å². The Morgan fingerprint density at radius 2 is 2.20 bits per heavy atom. The molecule has 3 rings (SSSR count). The highest BCUT2D eigenvalue weighted by atomic mass is 19.1. The molecular weight excluding hydrogens is 385 g/mol. The Balaban J connectivity index is 1.49. The van der Waals surface area contributed by atoms with E-state index in [4.69, 9.17) is 0 Å². The Bertz CT molecular complexity index is 872. The molecule has 8 nitrogen and oxygen atoms in total. The molecule has 1 atom stereocenters. The number of aliphatic imine (C=N–C) groups is 1. The second kappa shape index (κ2) is 10.5. The van der Waals surface area contributed by atoms with Gasteiger partial charge in [-0.3, -0.25) is 9.79 Å². The number of halogens is 1. The molecule has 0 aromatic carbocycles. The molecule has 9 heteroatoms. The van der Waals surface area contributed by atoms with Crippen LogP contribution in [-0.2, 0) is 4.79 Å². The van der Waals surface area contributed by atoms with E-state index in [0.29, 0.717) is 37.2 Å². The third-order valence-electron chi connectivity index (χ3n) is 4.70. The van der Waals surface area contributed by atoms with Crippen LogP contribution in [-0.4, -0.2) is 54.1 Å². The predicted molar refractivity (Wildman–Crippen MR) is 116 cm³/mol. The number of guanidine groups is 1. The molecule has 0 saturated carbocycles. The van der Waals surface area contributed by atoms with Crippen LogP contribution in [0, 0.1) is 12.7 Å². The van der Waals surface area contributed by atoms with E-state index in [1.165, 1.54) is 6.07 Å². The maximum Gasteiger partial charge on any atom is 0.227 e. The van der Waals surface area contributed by atoms with Crippen molar-refractivity contribution in [3.05, 3.63) is 48.0 Å². The number of amides is 1. The van der Waals surface area contributed by atoms with Crippen LogP contribution in [0.4, 0.5) is 16.0 Å². The molecular formula is C21H28FN7O. The van der Waals surface area contributed by atoms with Gasteiger partial charge in [0.05, 0.1) is 6.54 Å². The molecule has 1 aliphatic rings. The summed E-state index contributed by atoms with van der Waals surface area (Å²) in [6, 6.07) is 6.81. The molecule has 0 radical (unpaired) electrons. The number of anilines is 2. The molecule has 3 heterocycles. The zero-order valence-corrected chi connectivity index (χ0v) is 17.4. The predicted octanol–water partition coefficient (Wildman–Crippen LogP) is 2.09. The topological polar surface area (TPSA) is 94.5 Å². The fourth-order valence-corrected chi connectivity index (χ4v) is 3.21. The second-order valence-corrected chi connectivity index (χ2v) is 7.16. The molecule has 1 aliphatic heterocycles. The number of nitrogens with zero attached hydrogens (tertiary/aromatic N) is 4. The number of carbonyl (C=O) groups is 1. The van der Waals surface area contributed by atoms with Crippen LogP contribution in [0.25, 0.3) is 0 Å². The van der Waals surface area contributed by atoms with Crippen LogP contribution >= 0.6 is 0 Å². The molecule has 0 bridgehead atoms. The minimum atomic E-state index is -0.312. The number of carbonyl (C=O) groups excluding carboxylic acids is 1. The molecule has 1 fully saturated rings. The lowest BCUT2D eigenvalue weighted by Crippen LogP contribution is -2.44. The quantitative estimate of drug-likeness (QED) is 0.475. The van der Waals surface area contributed by atoms with Crippen molar-refractivity contribution < 1.29 is 9.18 Å². The van der Waals surface area contributed by atoms with E-state index in [-0.39, 0.29) is 24.2 Å². The van der Waals surface area contributed by atoms with E-state index in [2.05, 4.69) is 30.9 Å². The third kappa shape index (κ3) is 6.13. The summed E-state index contributed by atoms with van der Waals surface area (Å²) in [5.41, 5.74) is 1.04. The van der Waals surface area contributed by atoms with Crippen molar-refractivity contribution in [3.63, 3.8) is 0 Å². The Labute approximate surface area is 176 Å². The van der Waals surface area contributed by atoms with Gasteiger partial charge in [-0.1, -0.05) is 6.07 Å². The summed E-state index contributed by atoms with van der Waals surface area (Å²) >= 11 is 0. The number of rotatable bonds is 7. The zero-order valence-electron chi connectivity index (χ0n) is 17.4. The summed E-state index contributed by atoms with van der Waals surface area (Å²) < 4.78 is 14.0. The second-order valence-electron chi connectivity index (χ2n) is 7.16. The van der Waals surface area contributed by atoms with Crippen molar-refractivity contribution >= 4 is 23.5 Å². The van der Waals surface area contributed by atoms with Gasteiger partial charge in [0.2, 0.25) is 5.91 Å². The van der Waals surface area contributed by atoms with Crippen LogP contribution in [0.3, 0.4) is 0 Å². The number of aromatic nitrogens is 2.